The van der Waals surface area contributed by atoms with Crippen molar-refractivity contribution >= 4 is 5.69 Å². The van der Waals surface area contributed by atoms with Crippen molar-refractivity contribution in [2.75, 3.05) is 39.6 Å². The van der Waals surface area contributed by atoms with Gasteiger partial charge in [0.15, 0.2) is 0 Å². The largest absolute Gasteiger partial charge is 0.378 e. The lowest BCUT2D eigenvalue weighted by atomic mass is 10.1. The van der Waals surface area contributed by atoms with E-state index in [9.17, 15) is 0 Å². The van der Waals surface area contributed by atoms with Gasteiger partial charge in [0.2, 0.25) is 0 Å². The molecule has 0 heterocycles. The number of hydrogen-bond donors (Lipinski definition) is 1. The van der Waals surface area contributed by atoms with E-state index >= 15 is 0 Å². The normalized spacial score (nSPS) is 12.9. The van der Waals surface area contributed by atoms with Gasteiger partial charge in [-0.2, -0.15) is 0 Å². The average molecular weight is 207 g/mol. The second kappa shape index (κ2) is 5.14. The van der Waals surface area contributed by atoms with Gasteiger partial charge in [-0.1, -0.05) is 12.1 Å². The maximum Gasteiger partial charge on any atom is 0.0464 e. The fourth-order valence-corrected chi connectivity index (χ4v) is 1.64. The van der Waals surface area contributed by atoms with Crippen LogP contribution in [0.5, 0.6) is 0 Å². The molecule has 84 valence electrons. The first-order valence-corrected chi connectivity index (χ1v) is 5.20. The van der Waals surface area contributed by atoms with E-state index in [-0.39, 0.29) is 0 Å². The zero-order chi connectivity index (χ0) is 11.4. The minimum absolute atomic E-state index is 0.307. The molecule has 1 aromatic carbocycles. The fraction of sp³-hybridized carbons (Fsp3) is 0.500. The van der Waals surface area contributed by atoms with E-state index in [1.165, 1.54) is 11.3 Å². The number of nitrogens with zero attached hydrogens (tertiary/aromatic N) is 2. The zero-order valence-corrected chi connectivity index (χ0v) is 10.1. The molecule has 0 aliphatic heterocycles. The van der Waals surface area contributed by atoms with Gasteiger partial charge in [0, 0.05) is 32.4 Å². The highest BCUT2D eigenvalue weighted by molar-refractivity contribution is 5.46. The Bertz CT molecular complexity index is 290. The summed E-state index contributed by atoms with van der Waals surface area (Å²) in [6, 6.07) is 8.85. The van der Waals surface area contributed by atoms with E-state index < -0.39 is 0 Å². The Morgan fingerprint density at radius 1 is 1.07 bits per heavy atom. The van der Waals surface area contributed by atoms with Gasteiger partial charge < -0.3 is 15.5 Å². The van der Waals surface area contributed by atoms with Crippen LogP contribution in [-0.4, -0.2) is 39.6 Å². The Labute approximate surface area is 92.5 Å². The molecule has 0 fully saturated rings. The highest BCUT2D eigenvalue weighted by Crippen LogP contribution is 2.20. The highest BCUT2D eigenvalue weighted by atomic mass is 15.1. The van der Waals surface area contributed by atoms with E-state index in [0.29, 0.717) is 12.6 Å². The molecule has 0 aliphatic carbocycles. The van der Waals surface area contributed by atoms with Gasteiger partial charge in [-0.25, -0.2) is 0 Å². The van der Waals surface area contributed by atoms with Crippen LogP contribution < -0.4 is 10.6 Å². The second-order valence-electron chi connectivity index (χ2n) is 4.20. The van der Waals surface area contributed by atoms with Gasteiger partial charge in [-0.3, -0.25) is 0 Å². The Morgan fingerprint density at radius 2 is 1.60 bits per heavy atom. The Morgan fingerprint density at radius 3 is 1.93 bits per heavy atom. The molecular formula is C12H21N3. The maximum absolute atomic E-state index is 5.75. The predicted octanol–water partition coefficient (Wildman–Crippen LogP) is 1.31. The summed E-state index contributed by atoms with van der Waals surface area (Å²) < 4.78 is 0. The van der Waals surface area contributed by atoms with Crippen LogP contribution in [-0.2, 0) is 0 Å². The molecule has 1 atom stereocenters. The van der Waals surface area contributed by atoms with Crippen LogP contribution in [0.3, 0.4) is 0 Å². The molecule has 0 amide bonds. The number of hydrogen-bond acceptors (Lipinski definition) is 3. The summed E-state index contributed by atoms with van der Waals surface area (Å²) in [5, 5.41) is 0. The SMILES string of the molecule is CN(C)c1ccc([C@H](CN)N(C)C)cc1. The molecule has 0 aromatic heterocycles. The molecule has 3 nitrogen and oxygen atoms in total. The molecule has 0 saturated carbocycles. The van der Waals surface area contributed by atoms with E-state index in [1.807, 2.05) is 14.1 Å². The van der Waals surface area contributed by atoms with E-state index in [4.69, 9.17) is 5.73 Å². The number of likely N-dealkylation sites (N-methyl/N-ethyl adjacent to an activating group) is 1. The van der Waals surface area contributed by atoms with Crippen molar-refractivity contribution in [3.63, 3.8) is 0 Å². The zero-order valence-electron chi connectivity index (χ0n) is 10.1. The summed E-state index contributed by atoms with van der Waals surface area (Å²) in [7, 11) is 8.19. The molecule has 0 bridgehead atoms. The van der Waals surface area contributed by atoms with Gasteiger partial charge in [-0.05, 0) is 31.8 Å². The molecule has 0 unspecified atom stereocenters. The first-order chi connectivity index (χ1) is 7.06. The number of benzene rings is 1. The molecule has 0 saturated heterocycles. The third kappa shape index (κ3) is 2.94. The van der Waals surface area contributed by atoms with Gasteiger partial charge in [0.05, 0.1) is 0 Å². The number of rotatable bonds is 4. The molecule has 0 aliphatic rings. The summed E-state index contributed by atoms with van der Waals surface area (Å²) in [6.07, 6.45) is 0. The van der Waals surface area contributed by atoms with E-state index in [2.05, 4.69) is 48.2 Å². The van der Waals surface area contributed by atoms with Gasteiger partial charge >= 0.3 is 0 Å². The lowest BCUT2D eigenvalue weighted by Crippen LogP contribution is -2.27. The number of nitrogens with two attached hydrogens (primary N) is 1. The topological polar surface area (TPSA) is 32.5 Å². The first-order valence-electron chi connectivity index (χ1n) is 5.20. The monoisotopic (exact) mass is 207 g/mol. The predicted molar refractivity (Wildman–Crippen MR) is 66.3 cm³/mol. The Hall–Kier alpha value is -1.06. The summed E-state index contributed by atoms with van der Waals surface area (Å²) in [5.74, 6) is 0. The summed E-state index contributed by atoms with van der Waals surface area (Å²) in [6.45, 7) is 0.647. The minimum atomic E-state index is 0.307. The smallest absolute Gasteiger partial charge is 0.0464 e. The molecule has 2 N–H and O–H groups in total. The summed E-state index contributed by atoms with van der Waals surface area (Å²) in [5.41, 5.74) is 8.24. The van der Waals surface area contributed by atoms with E-state index in [0.717, 1.165) is 0 Å². The average Bonchev–Trinajstić information content (AvgIpc) is 2.19. The quantitative estimate of drug-likeness (QED) is 0.808. The number of anilines is 1. The third-order valence-corrected chi connectivity index (χ3v) is 2.64. The third-order valence-electron chi connectivity index (χ3n) is 2.64. The van der Waals surface area contributed by atoms with Crippen molar-refractivity contribution in [3.8, 4) is 0 Å². The van der Waals surface area contributed by atoms with Crippen LogP contribution in [0.4, 0.5) is 5.69 Å². The maximum atomic E-state index is 5.75. The minimum Gasteiger partial charge on any atom is -0.378 e. The van der Waals surface area contributed by atoms with E-state index in [1.54, 1.807) is 0 Å². The molecule has 0 spiro atoms. The lowest BCUT2D eigenvalue weighted by molar-refractivity contribution is 0.306. The Kier molecular flexibility index (Phi) is 4.12. The molecule has 1 aromatic rings. The van der Waals surface area contributed by atoms with Crippen molar-refractivity contribution in [3.05, 3.63) is 29.8 Å². The van der Waals surface area contributed by atoms with Crippen LogP contribution in [0, 0.1) is 0 Å². The molecule has 0 radical (unpaired) electrons. The Balaban J connectivity index is 2.87. The van der Waals surface area contributed by atoms with Gasteiger partial charge in [-0.15, -0.1) is 0 Å². The second-order valence-corrected chi connectivity index (χ2v) is 4.20. The van der Waals surface area contributed by atoms with Crippen molar-refractivity contribution in [2.24, 2.45) is 5.73 Å². The van der Waals surface area contributed by atoms with Crippen molar-refractivity contribution in [1.29, 1.82) is 0 Å². The van der Waals surface area contributed by atoms with Gasteiger partial charge in [0.1, 0.15) is 0 Å². The van der Waals surface area contributed by atoms with Crippen LogP contribution in [0.2, 0.25) is 0 Å². The van der Waals surface area contributed by atoms with Crippen LogP contribution in [0.1, 0.15) is 11.6 Å². The van der Waals surface area contributed by atoms with Crippen LogP contribution >= 0.6 is 0 Å². The summed E-state index contributed by atoms with van der Waals surface area (Å²) >= 11 is 0. The van der Waals surface area contributed by atoms with Crippen molar-refractivity contribution < 1.29 is 0 Å². The lowest BCUT2D eigenvalue weighted by Gasteiger charge is -2.23. The van der Waals surface area contributed by atoms with Crippen molar-refractivity contribution in [2.45, 2.75) is 6.04 Å². The van der Waals surface area contributed by atoms with Gasteiger partial charge in [0.25, 0.3) is 0 Å². The highest BCUT2D eigenvalue weighted by Gasteiger charge is 2.11. The van der Waals surface area contributed by atoms with Crippen molar-refractivity contribution in [1.82, 2.24) is 4.90 Å². The molecular weight excluding hydrogens is 186 g/mol. The molecule has 1 rings (SSSR count). The summed E-state index contributed by atoms with van der Waals surface area (Å²) in [4.78, 5) is 4.24. The molecule has 15 heavy (non-hydrogen) atoms. The standard InChI is InChI=1S/C12H21N3/c1-14(2)11-7-5-10(6-8-11)12(9-13)15(3)4/h5-8,12H,9,13H2,1-4H3/t12-/m0/s1. The fourth-order valence-electron chi connectivity index (χ4n) is 1.64. The molecule has 3 heteroatoms. The van der Waals surface area contributed by atoms with Crippen LogP contribution in [0.25, 0.3) is 0 Å². The van der Waals surface area contributed by atoms with Crippen LogP contribution in [0.15, 0.2) is 24.3 Å². The first kappa shape index (κ1) is 12.0.